The maximum atomic E-state index is 12.0. The molecule has 25 heavy (non-hydrogen) atoms. The van der Waals surface area contributed by atoms with E-state index in [2.05, 4.69) is 10.3 Å². The van der Waals surface area contributed by atoms with Crippen LogP contribution in [0.1, 0.15) is 16.1 Å². The molecule has 6 nitrogen and oxygen atoms in total. The maximum Gasteiger partial charge on any atom is 0.359 e. The van der Waals surface area contributed by atoms with E-state index in [4.69, 9.17) is 44.3 Å². The molecule has 0 fully saturated rings. The number of amides is 1. The Labute approximate surface area is 159 Å². The topological polar surface area (TPSA) is 77.5 Å². The molecule has 1 amide bonds. The molecular formula is C16H13Cl3N2O4. The number of esters is 1. The predicted molar refractivity (Wildman–Crippen MR) is 95.9 cm³/mol. The van der Waals surface area contributed by atoms with Gasteiger partial charge in [-0.3, -0.25) is 4.79 Å². The van der Waals surface area contributed by atoms with Crippen molar-refractivity contribution in [1.82, 2.24) is 4.98 Å². The summed E-state index contributed by atoms with van der Waals surface area (Å²) in [6.07, 6.45) is 1.17. The van der Waals surface area contributed by atoms with Crippen molar-refractivity contribution >= 4 is 52.4 Å². The standard InChI is InChI=1S/C16H13Cl3N2O4/c1-8-3-4-11(24-2)10(5-8)21-12(22)7-25-16(23)15-14(19)13(18)9(17)6-20-15/h3-6H,7H2,1-2H3,(H,21,22). The molecule has 0 saturated carbocycles. The normalized spacial score (nSPS) is 10.3. The molecule has 9 heteroatoms. The zero-order valence-electron chi connectivity index (χ0n) is 13.2. The lowest BCUT2D eigenvalue weighted by Gasteiger charge is -2.11. The van der Waals surface area contributed by atoms with E-state index in [-0.39, 0.29) is 20.8 Å². The minimum absolute atomic E-state index is 0.0146. The van der Waals surface area contributed by atoms with Crippen molar-refractivity contribution in [2.45, 2.75) is 6.92 Å². The van der Waals surface area contributed by atoms with Crippen LogP contribution in [-0.2, 0) is 9.53 Å². The van der Waals surface area contributed by atoms with E-state index in [1.807, 2.05) is 13.0 Å². The quantitative estimate of drug-likeness (QED) is 0.759. The predicted octanol–water partition coefficient (Wildman–Crippen LogP) is 4.15. The first-order chi connectivity index (χ1) is 11.8. The van der Waals surface area contributed by atoms with Crippen molar-refractivity contribution in [3.8, 4) is 5.75 Å². The first-order valence-electron chi connectivity index (χ1n) is 6.94. The Morgan fingerprint density at radius 1 is 1.20 bits per heavy atom. The number of nitrogens with zero attached hydrogens (tertiary/aromatic N) is 1. The molecule has 0 radical (unpaired) electrons. The summed E-state index contributed by atoms with van der Waals surface area (Å²) in [5.74, 6) is -0.956. The summed E-state index contributed by atoms with van der Waals surface area (Å²) in [5, 5.41) is 2.55. The van der Waals surface area contributed by atoms with Gasteiger partial charge < -0.3 is 14.8 Å². The van der Waals surface area contributed by atoms with Crippen LogP contribution in [0.4, 0.5) is 5.69 Å². The van der Waals surface area contributed by atoms with Crippen LogP contribution in [0.15, 0.2) is 24.4 Å². The number of ether oxygens (including phenoxy) is 2. The molecule has 1 aromatic carbocycles. The van der Waals surface area contributed by atoms with Gasteiger partial charge in [-0.2, -0.15) is 0 Å². The van der Waals surface area contributed by atoms with Gasteiger partial charge in [-0.25, -0.2) is 9.78 Å². The first kappa shape index (κ1) is 19.3. The molecule has 0 saturated heterocycles. The van der Waals surface area contributed by atoms with E-state index in [0.29, 0.717) is 11.4 Å². The summed E-state index contributed by atoms with van der Waals surface area (Å²) in [6.45, 7) is 1.33. The SMILES string of the molecule is COc1ccc(C)cc1NC(=O)COC(=O)c1ncc(Cl)c(Cl)c1Cl. The van der Waals surface area contributed by atoms with E-state index in [9.17, 15) is 9.59 Å². The number of halogens is 3. The fourth-order valence-corrected chi connectivity index (χ4v) is 2.45. The fourth-order valence-electron chi connectivity index (χ4n) is 1.89. The number of hydrogen-bond donors (Lipinski definition) is 1. The van der Waals surface area contributed by atoms with Gasteiger partial charge in [0.2, 0.25) is 0 Å². The van der Waals surface area contributed by atoms with Crippen molar-refractivity contribution in [3.63, 3.8) is 0 Å². The van der Waals surface area contributed by atoms with Gasteiger partial charge in [-0.1, -0.05) is 40.9 Å². The molecule has 0 aliphatic carbocycles. The molecule has 0 aliphatic rings. The molecule has 132 valence electrons. The Hall–Kier alpha value is -2.02. The molecule has 2 aromatic rings. The summed E-state index contributed by atoms with van der Waals surface area (Å²) in [4.78, 5) is 27.7. The van der Waals surface area contributed by atoms with Gasteiger partial charge in [0, 0.05) is 6.20 Å². The molecule has 0 aliphatic heterocycles. The Bertz CT molecular complexity index is 827. The number of carbonyl (C=O) groups excluding carboxylic acids is 2. The molecule has 0 unspecified atom stereocenters. The lowest BCUT2D eigenvalue weighted by Crippen LogP contribution is -2.22. The summed E-state index contributed by atoms with van der Waals surface area (Å²) in [6, 6.07) is 5.29. The third-order valence-corrected chi connectivity index (χ3v) is 4.31. The highest BCUT2D eigenvalue weighted by Gasteiger charge is 2.19. The Morgan fingerprint density at radius 3 is 2.60 bits per heavy atom. The number of rotatable bonds is 5. The fraction of sp³-hybridized carbons (Fsp3) is 0.188. The molecular weight excluding hydrogens is 391 g/mol. The number of nitrogens with one attached hydrogen (secondary N) is 1. The highest BCUT2D eigenvalue weighted by atomic mass is 35.5. The maximum absolute atomic E-state index is 12.0. The number of aryl methyl sites for hydroxylation is 1. The van der Waals surface area contributed by atoms with Crippen LogP contribution in [-0.4, -0.2) is 30.6 Å². The van der Waals surface area contributed by atoms with Crippen LogP contribution < -0.4 is 10.1 Å². The van der Waals surface area contributed by atoms with Crippen LogP contribution in [0.5, 0.6) is 5.75 Å². The third kappa shape index (κ3) is 4.75. The number of hydrogen-bond acceptors (Lipinski definition) is 5. The number of aromatic nitrogens is 1. The lowest BCUT2D eigenvalue weighted by atomic mass is 10.2. The van der Waals surface area contributed by atoms with Gasteiger partial charge in [0.1, 0.15) is 5.75 Å². The van der Waals surface area contributed by atoms with Crippen LogP contribution in [0, 0.1) is 6.92 Å². The highest BCUT2D eigenvalue weighted by Crippen LogP contribution is 2.31. The van der Waals surface area contributed by atoms with Crippen LogP contribution in [0.3, 0.4) is 0 Å². The highest BCUT2D eigenvalue weighted by molar-refractivity contribution is 6.48. The molecule has 0 atom stereocenters. The van der Waals surface area contributed by atoms with Gasteiger partial charge in [-0.15, -0.1) is 0 Å². The van der Waals surface area contributed by atoms with Gasteiger partial charge >= 0.3 is 5.97 Å². The van der Waals surface area contributed by atoms with Crippen molar-refractivity contribution in [2.75, 3.05) is 19.0 Å². The summed E-state index contributed by atoms with van der Waals surface area (Å²) >= 11 is 17.5. The second-order valence-corrected chi connectivity index (χ2v) is 6.07. The molecule has 2 rings (SSSR count). The smallest absolute Gasteiger partial charge is 0.359 e. The minimum Gasteiger partial charge on any atom is -0.495 e. The zero-order valence-corrected chi connectivity index (χ0v) is 15.5. The number of benzene rings is 1. The Kier molecular flexibility index (Phi) is 6.47. The molecule has 0 spiro atoms. The van der Waals surface area contributed by atoms with Crippen LogP contribution >= 0.6 is 34.8 Å². The summed E-state index contributed by atoms with van der Waals surface area (Å²) < 4.78 is 10.1. The van der Waals surface area contributed by atoms with E-state index < -0.39 is 18.5 Å². The number of anilines is 1. The van der Waals surface area contributed by atoms with Crippen LogP contribution in [0.25, 0.3) is 0 Å². The first-order valence-corrected chi connectivity index (χ1v) is 8.08. The Balaban J connectivity index is 2.02. The lowest BCUT2D eigenvalue weighted by molar-refractivity contribution is -0.119. The molecule has 1 heterocycles. The average molecular weight is 404 g/mol. The number of methoxy groups -OCH3 is 1. The average Bonchev–Trinajstić information content (AvgIpc) is 2.58. The monoisotopic (exact) mass is 402 g/mol. The van der Waals surface area contributed by atoms with Gasteiger partial charge in [0.15, 0.2) is 12.3 Å². The molecule has 1 N–H and O–H groups in total. The van der Waals surface area contributed by atoms with Gasteiger partial charge in [0.25, 0.3) is 5.91 Å². The summed E-state index contributed by atoms with van der Waals surface area (Å²) in [7, 11) is 1.48. The van der Waals surface area contributed by atoms with E-state index in [1.54, 1.807) is 12.1 Å². The second kappa shape index (κ2) is 8.38. The van der Waals surface area contributed by atoms with Crippen LogP contribution in [0.2, 0.25) is 15.1 Å². The van der Waals surface area contributed by atoms with E-state index in [0.717, 1.165) is 5.56 Å². The molecule has 0 bridgehead atoms. The van der Waals surface area contributed by atoms with Crippen molar-refractivity contribution in [3.05, 3.63) is 50.7 Å². The van der Waals surface area contributed by atoms with Crippen molar-refractivity contribution in [1.29, 1.82) is 0 Å². The van der Waals surface area contributed by atoms with Gasteiger partial charge in [-0.05, 0) is 24.6 Å². The Morgan fingerprint density at radius 2 is 1.92 bits per heavy atom. The second-order valence-electron chi connectivity index (χ2n) is 4.91. The summed E-state index contributed by atoms with van der Waals surface area (Å²) in [5.41, 5.74) is 1.17. The number of pyridine rings is 1. The largest absolute Gasteiger partial charge is 0.495 e. The van der Waals surface area contributed by atoms with Crippen molar-refractivity contribution < 1.29 is 19.1 Å². The van der Waals surface area contributed by atoms with Gasteiger partial charge in [0.05, 0.1) is 27.9 Å². The number of carbonyl (C=O) groups is 2. The van der Waals surface area contributed by atoms with Crippen molar-refractivity contribution in [2.24, 2.45) is 0 Å². The zero-order chi connectivity index (χ0) is 18.6. The van der Waals surface area contributed by atoms with E-state index in [1.165, 1.54) is 13.3 Å². The van der Waals surface area contributed by atoms with E-state index >= 15 is 0 Å². The third-order valence-electron chi connectivity index (χ3n) is 3.07. The minimum atomic E-state index is -0.894. The molecule has 1 aromatic heterocycles.